The second-order valence-corrected chi connectivity index (χ2v) is 9.24. The Bertz CT molecular complexity index is 1250. The molecule has 0 bridgehead atoms. The Kier molecular flexibility index (Phi) is 7.34. The molecule has 172 valence electrons. The number of ether oxygens (including phenoxy) is 1. The predicted molar refractivity (Wildman–Crippen MR) is 127 cm³/mol. The summed E-state index contributed by atoms with van der Waals surface area (Å²) in [5.74, 6) is -0.460. The zero-order chi connectivity index (χ0) is 24.0. The fourth-order valence-electron chi connectivity index (χ4n) is 2.99. The van der Waals surface area contributed by atoms with Gasteiger partial charge >= 0.3 is 0 Å². The van der Waals surface area contributed by atoms with Crippen molar-refractivity contribution in [3.63, 3.8) is 0 Å². The molecule has 0 aliphatic heterocycles. The summed E-state index contributed by atoms with van der Waals surface area (Å²) >= 11 is 0. The van der Waals surface area contributed by atoms with Gasteiger partial charge in [0.05, 0.1) is 11.3 Å². The fourth-order valence-corrected chi connectivity index (χ4v) is 4.04. The van der Waals surface area contributed by atoms with Gasteiger partial charge in [0, 0.05) is 11.4 Å². The number of rotatable bonds is 9. The highest BCUT2D eigenvalue weighted by Gasteiger charge is 2.15. The van der Waals surface area contributed by atoms with Crippen molar-refractivity contribution in [3.8, 4) is 5.75 Å². The van der Waals surface area contributed by atoms with Crippen molar-refractivity contribution in [3.05, 3.63) is 83.4 Å². The van der Waals surface area contributed by atoms with Crippen molar-refractivity contribution in [2.24, 2.45) is 5.73 Å². The molecular weight excluding hydrogens is 442 g/mol. The highest BCUT2D eigenvalue weighted by atomic mass is 32.2. The van der Waals surface area contributed by atoms with E-state index in [9.17, 15) is 18.0 Å². The summed E-state index contributed by atoms with van der Waals surface area (Å²) in [6.07, 6.45) is 0.128. The van der Waals surface area contributed by atoms with E-state index in [1.165, 1.54) is 24.3 Å². The average molecular weight is 468 g/mol. The van der Waals surface area contributed by atoms with Crippen molar-refractivity contribution in [1.82, 2.24) is 0 Å². The van der Waals surface area contributed by atoms with Crippen molar-refractivity contribution in [2.45, 2.75) is 25.2 Å². The molecule has 0 saturated carbocycles. The van der Waals surface area contributed by atoms with Gasteiger partial charge in [-0.25, -0.2) is 8.42 Å². The summed E-state index contributed by atoms with van der Waals surface area (Å²) in [6, 6.07) is 17.9. The number of primary amides is 1. The average Bonchev–Trinajstić information content (AvgIpc) is 2.76. The Hall–Kier alpha value is -3.85. The highest BCUT2D eigenvalue weighted by Crippen LogP contribution is 2.21. The maximum atomic E-state index is 12.6. The number of anilines is 2. The summed E-state index contributed by atoms with van der Waals surface area (Å²) in [6.45, 7) is 3.61. The minimum atomic E-state index is -3.76. The second-order valence-electron chi connectivity index (χ2n) is 7.55. The van der Waals surface area contributed by atoms with E-state index < -0.39 is 15.9 Å². The van der Waals surface area contributed by atoms with Crippen LogP contribution in [-0.4, -0.2) is 26.8 Å². The Balaban J connectivity index is 1.54. The first-order valence-corrected chi connectivity index (χ1v) is 11.6. The number of nitrogens with one attached hydrogen (secondary N) is 2. The number of carbonyl (C=O) groups is 2. The molecular formula is C24H25N3O5S. The van der Waals surface area contributed by atoms with Crippen molar-refractivity contribution in [2.75, 3.05) is 16.6 Å². The van der Waals surface area contributed by atoms with Gasteiger partial charge in [0.1, 0.15) is 5.75 Å². The second kappa shape index (κ2) is 10.2. The third kappa shape index (κ3) is 6.81. The molecule has 4 N–H and O–H groups in total. The third-order valence-corrected chi connectivity index (χ3v) is 6.28. The van der Waals surface area contributed by atoms with E-state index in [-0.39, 0.29) is 23.8 Å². The Labute approximate surface area is 192 Å². The molecule has 0 heterocycles. The van der Waals surface area contributed by atoms with Crippen molar-refractivity contribution in [1.29, 1.82) is 0 Å². The first-order valence-electron chi connectivity index (χ1n) is 10.1. The number of carbonyl (C=O) groups excluding carboxylic acids is 2. The van der Waals surface area contributed by atoms with Crippen LogP contribution in [0.15, 0.2) is 71.6 Å². The number of hydrogen-bond acceptors (Lipinski definition) is 5. The SMILES string of the molecule is Cc1ccc(NS(=O)(=O)c2ccc(OCC(=O)Nc3ccc(CC(N)=O)cc3)cc2)cc1C. The lowest BCUT2D eigenvalue weighted by atomic mass is 10.1. The summed E-state index contributed by atoms with van der Waals surface area (Å²) in [4.78, 5) is 23.1. The van der Waals surface area contributed by atoms with Gasteiger partial charge in [0.25, 0.3) is 15.9 Å². The van der Waals surface area contributed by atoms with Crippen LogP contribution in [0.2, 0.25) is 0 Å². The van der Waals surface area contributed by atoms with E-state index >= 15 is 0 Å². The number of benzene rings is 3. The van der Waals surface area contributed by atoms with Crippen LogP contribution in [0, 0.1) is 13.8 Å². The number of amides is 2. The quantitative estimate of drug-likeness (QED) is 0.445. The molecule has 0 atom stereocenters. The molecule has 33 heavy (non-hydrogen) atoms. The van der Waals surface area contributed by atoms with E-state index in [1.807, 2.05) is 19.9 Å². The molecule has 0 unspecified atom stereocenters. The molecule has 3 aromatic rings. The maximum absolute atomic E-state index is 12.6. The smallest absolute Gasteiger partial charge is 0.262 e. The van der Waals surface area contributed by atoms with Crippen LogP contribution in [0.4, 0.5) is 11.4 Å². The minimum Gasteiger partial charge on any atom is -0.484 e. The fraction of sp³-hybridized carbons (Fsp3) is 0.167. The lowest BCUT2D eigenvalue weighted by molar-refractivity contribution is -0.118. The van der Waals surface area contributed by atoms with Gasteiger partial charge in [-0.2, -0.15) is 0 Å². The summed E-state index contributed by atoms with van der Waals surface area (Å²) in [5.41, 5.74) is 9.00. The summed E-state index contributed by atoms with van der Waals surface area (Å²) < 4.78 is 33.2. The summed E-state index contributed by atoms with van der Waals surface area (Å²) in [5, 5.41) is 2.68. The number of nitrogens with two attached hydrogens (primary N) is 1. The molecule has 0 spiro atoms. The molecule has 0 radical (unpaired) electrons. The van der Waals surface area contributed by atoms with Gasteiger partial charge in [-0.05, 0) is 79.1 Å². The Morgan fingerprint density at radius 1 is 0.879 bits per heavy atom. The van der Waals surface area contributed by atoms with Crippen molar-refractivity contribution < 1.29 is 22.7 Å². The largest absolute Gasteiger partial charge is 0.484 e. The zero-order valence-corrected chi connectivity index (χ0v) is 19.1. The van der Waals surface area contributed by atoms with E-state index in [1.54, 1.807) is 36.4 Å². The van der Waals surface area contributed by atoms with Crippen LogP contribution in [0.25, 0.3) is 0 Å². The molecule has 0 aliphatic carbocycles. The Morgan fingerprint density at radius 2 is 1.52 bits per heavy atom. The van der Waals surface area contributed by atoms with E-state index in [2.05, 4.69) is 10.0 Å². The first kappa shape index (κ1) is 23.8. The first-order chi connectivity index (χ1) is 15.6. The number of aryl methyl sites for hydroxylation is 2. The van der Waals surface area contributed by atoms with Crippen LogP contribution in [0.3, 0.4) is 0 Å². The molecule has 9 heteroatoms. The standard InChI is InChI=1S/C24H25N3O5S/c1-16-3-6-20(13-17(16)2)27-33(30,31)22-11-9-21(10-12-22)32-15-24(29)26-19-7-4-18(5-8-19)14-23(25)28/h3-13,27H,14-15H2,1-2H3,(H2,25,28)(H,26,29). The molecule has 2 amide bonds. The molecule has 0 fully saturated rings. The molecule has 8 nitrogen and oxygen atoms in total. The molecule has 0 aliphatic rings. The van der Waals surface area contributed by atoms with Crippen LogP contribution in [0.1, 0.15) is 16.7 Å². The topological polar surface area (TPSA) is 128 Å². The van der Waals surface area contributed by atoms with E-state index in [0.717, 1.165) is 16.7 Å². The van der Waals surface area contributed by atoms with Gasteiger partial charge < -0.3 is 15.8 Å². The van der Waals surface area contributed by atoms with Gasteiger partial charge in [-0.3, -0.25) is 14.3 Å². The van der Waals surface area contributed by atoms with Crippen molar-refractivity contribution >= 4 is 33.2 Å². The molecule has 3 rings (SSSR count). The van der Waals surface area contributed by atoms with E-state index in [0.29, 0.717) is 17.1 Å². The van der Waals surface area contributed by atoms with E-state index in [4.69, 9.17) is 10.5 Å². The van der Waals surface area contributed by atoms with Crippen LogP contribution in [0.5, 0.6) is 5.75 Å². The number of hydrogen-bond donors (Lipinski definition) is 3. The van der Waals surface area contributed by atoms with Gasteiger partial charge in [-0.1, -0.05) is 18.2 Å². The van der Waals surface area contributed by atoms with Gasteiger partial charge in [0.15, 0.2) is 6.61 Å². The minimum absolute atomic E-state index is 0.0774. The molecule has 0 saturated heterocycles. The third-order valence-electron chi connectivity index (χ3n) is 4.88. The highest BCUT2D eigenvalue weighted by molar-refractivity contribution is 7.92. The predicted octanol–water partition coefficient (Wildman–Crippen LogP) is 3.15. The molecule has 3 aromatic carbocycles. The monoisotopic (exact) mass is 467 g/mol. The van der Waals surface area contributed by atoms with Crippen LogP contribution >= 0.6 is 0 Å². The Morgan fingerprint density at radius 3 is 2.12 bits per heavy atom. The molecule has 0 aromatic heterocycles. The zero-order valence-electron chi connectivity index (χ0n) is 18.3. The van der Waals surface area contributed by atoms with Gasteiger partial charge in [-0.15, -0.1) is 0 Å². The lowest BCUT2D eigenvalue weighted by Gasteiger charge is -2.11. The van der Waals surface area contributed by atoms with Crippen LogP contribution in [-0.2, 0) is 26.0 Å². The normalized spacial score (nSPS) is 11.0. The van der Waals surface area contributed by atoms with Crippen LogP contribution < -0.4 is 20.5 Å². The van der Waals surface area contributed by atoms with Gasteiger partial charge in [0.2, 0.25) is 5.91 Å². The number of sulfonamides is 1. The maximum Gasteiger partial charge on any atom is 0.262 e. The lowest BCUT2D eigenvalue weighted by Crippen LogP contribution is -2.20. The summed E-state index contributed by atoms with van der Waals surface area (Å²) in [7, 11) is -3.76.